The zero-order valence-electron chi connectivity index (χ0n) is 18.0. The Bertz CT molecular complexity index is 1270. The lowest BCUT2D eigenvalue weighted by atomic mass is 10.1. The van der Waals surface area contributed by atoms with Crippen LogP contribution in [0.5, 0.6) is 0 Å². The quantitative estimate of drug-likeness (QED) is 0.634. The molecule has 2 aromatic carbocycles. The number of amidine groups is 1. The molecule has 1 fully saturated rings. The highest BCUT2D eigenvalue weighted by Crippen LogP contribution is 2.21. The minimum absolute atomic E-state index is 0.0623. The molecule has 1 saturated heterocycles. The fourth-order valence-corrected chi connectivity index (χ4v) is 5.00. The van der Waals surface area contributed by atoms with Crippen LogP contribution in [0.2, 0.25) is 0 Å². The summed E-state index contributed by atoms with van der Waals surface area (Å²) in [6.45, 7) is 0.799. The summed E-state index contributed by atoms with van der Waals surface area (Å²) in [6.07, 6.45) is 5.51. The number of anilines is 1. The number of carbonyl (C=O) groups excluding carboxylic acids is 1. The molecule has 3 aromatic rings. The van der Waals surface area contributed by atoms with Crippen LogP contribution in [0.4, 0.5) is 5.69 Å². The molecular formula is C24H26N4O3S. The first kappa shape index (κ1) is 22.0. The average Bonchev–Trinajstić information content (AvgIpc) is 2.98. The summed E-state index contributed by atoms with van der Waals surface area (Å²) in [4.78, 5) is 19.0. The summed E-state index contributed by atoms with van der Waals surface area (Å²) in [5.74, 6) is 0.341. The fourth-order valence-electron chi connectivity index (χ4n) is 3.86. The molecule has 32 heavy (non-hydrogen) atoms. The molecule has 4 rings (SSSR count). The molecule has 1 N–H and O–H groups in total. The molecule has 0 radical (unpaired) electrons. The van der Waals surface area contributed by atoms with Gasteiger partial charge in [0.05, 0.1) is 16.8 Å². The van der Waals surface area contributed by atoms with Gasteiger partial charge in [-0.15, -0.1) is 4.40 Å². The van der Waals surface area contributed by atoms with E-state index < -0.39 is 10.0 Å². The normalized spacial score (nSPS) is 16.2. The number of pyridine rings is 1. The maximum Gasteiger partial charge on any atom is 0.284 e. The number of hydrogen-bond donors (Lipinski definition) is 1. The first-order valence-electron chi connectivity index (χ1n) is 10.7. The van der Waals surface area contributed by atoms with Crippen LogP contribution in [0.1, 0.15) is 31.2 Å². The number of likely N-dealkylation sites (tertiary alicyclic amines) is 1. The third-order valence-corrected chi connectivity index (χ3v) is 6.84. The number of rotatable bonds is 5. The molecule has 1 aromatic heterocycles. The van der Waals surface area contributed by atoms with E-state index in [1.165, 1.54) is 12.1 Å². The van der Waals surface area contributed by atoms with Crippen molar-refractivity contribution in [1.82, 2.24) is 9.88 Å². The SMILES string of the molecule is CN1CCCCCC1=NS(=O)(=O)c1cccc(NC(=O)Cc2cccc3cccnc23)c1. The van der Waals surface area contributed by atoms with E-state index >= 15 is 0 Å². The third-order valence-electron chi connectivity index (χ3n) is 5.54. The number of fused-ring (bicyclic) bond motifs is 1. The van der Waals surface area contributed by atoms with Crippen molar-refractivity contribution in [2.24, 2.45) is 4.40 Å². The minimum atomic E-state index is -3.87. The lowest BCUT2D eigenvalue weighted by Gasteiger charge is -2.17. The van der Waals surface area contributed by atoms with Gasteiger partial charge >= 0.3 is 0 Å². The molecule has 1 aliphatic heterocycles. The van der Waals surface area contributed by atoms with Crippen LogP contribution < -0.4 is 5.32 Å². The second-order valence-corrected chi connectivity index (χ2v) is 9.56. The lowest BCUT2D eigenvalue weighted by Crippen LogP contribution is -2.26. The Kier molecular flexibility index (Phi) is 6.50. The highest BCUT2D eigenvalue weighted by molar-refractivity contribution is 7.90. The monoisotopic (exact) mass is 450 g/mol. The zero-order chi connectivity index (χ0) is 22.6. The van der Waals surface area contributed by atoms with Gasteiger partial charge < -0.3 is 10.2 Å². The number of nitrogens with one attached hydrogen (secondary N) is 1. The van der Waals surface area contributed by atoms with Crippen molar-refractivity contribution >= 4 is 38.4 Å². The largest absolute Gasteiger partial charge is 0.362 e. The molecule has 1 amide bonds. The second-order valence-electron chi connectivity index (χ2n) is 7.96. The van der Waals surface area contributed by atoms with Gasteiger partial charge in [-0.3, -0.25) is 9.78 Å². The van der Waals surface area contributed by atoms with Gasteiger partial charge in [-0.25, -0.2) is 0 Å². The van der Waals surface area contributed by atoms with Crippen molar-refractivity contribution in [3.05, 3.63) is 66.4 Å². The zero-order valence-corrected chi connectivity index (χ0v) is 18.8. The first-order valence-corrected chi connectivity index (χ1v) is 12.1. The van der Waals surface area contributed by atoms with Gasteiger partial charge in [0.1, 0.15) is 5.84 Å². The number of nitrogens with zero attached hydrogens (tertiary/aromatic N) is 3. The highest BCUT2D eigenvalue weighted by atomic mass is 32.2. The second kappa shape index (κ2) is 9.48. The predicted molar refractivity (Wildman–Crippen MR) is 126 cm³/mol. The van der Waals surface area contributed by atoms with Crippen LogP contribution in [0.3, 0.4) is 0 Å². The van der Waals surface area contributed by atoms with Crippen molar-refractivity contribution in [1.29, 1.82) is 0 Å². The van der Waals surface area contributed by atoms with Gasteiger partial charge in [-0.2, -0.15) is 8.42 Å². The Morgan fingerprint density at radius 1 is 1.09 bits per heavy atom. The van der Waals surface area contributed by atoms with Gasteiger partial charge in [0, 0.05) is 37.3 Å². The Hall–Kier alpha value is -3.26. The number of aromatic nitrogens is 1. The summed E-state index contributed by atoms with van der Waals surface area (Å²) < 4.78 is 29.9. The Labute approximate surface area is 188 Å². The van der Waals surface area contributed by atoms with E-state index in [9.17, 15) is 13.2 Å². The summed E-state index contributed by atoms with van der Waals surface area (Å²) in [7, 11) is -2.00. The molecule has 0 saturated carbocycles. The Morgan fingerprint density at radius 2 is 1.91 bits per heavy atom. The van der Waals surface area contributed by atoms with E-state index in [0.29, 0.717) is 17.9 Å². The molecule has 2 heterocycles. The lowest BCUT2D eigenvalue weighted by molar-refractivity contribution is -0.115. The van der Waals surface area contributed by atoms with Crippen molar-refractivity contribution in [3.8, 4) is 0 Å². The van der Waals surface area contributed by atoms with Gasteiger partial charge in [-0.1, -0.05) is 36.8 Å². The number of benzene rings is 2. The van der Waals surface area contributed by atoms with E-state index in [1.54, 1.807) is 18.3 Å². The van der Waals surface area contributed by atoms with Crippen molar-refractivity contribution in [2.75, 3.05) is 18.9 Å². The number of para-hydroxylation sites is 1. The topological polar surface area (TPSA) is 91.7 Å². The van der Waals surface area contributed by atoms with E-state index in [0.717, 1.165) is 42.3 Å². The molecule has 0 atom stereocenters. The fraction of sp³-hybridized carbons (Fsp3) is 0.292. The van der Waals surface area contributed by atoms with Crippen LogP contribution in [0.25, 0.3) is 10.9 Å². The summed E-state index contributed by atoms with van der Waals surface area (Å²) in [6, 6.07) is 15.8. The number of carbonyl (C=O) groups is 1. The molecule has 8 heteroatoms. The third kappa shape index (κ3) is 5.13. The maximum absolute atomic E-state index is 12.9. The van der Waals surface area contributed by atoms with Crippen molar-refractivity contribution < 1.29 is 13.2 Å². The molecule has 7 nitrogen and oxygen atoms in total. The van der Waals surface area contributed by atoms with Crippen LogP contribution >= 0.6 is 0 Å². The average molecular weight is 451 g/mol. The summed E-state index contributed by atoms with van der Waals surface area (Å²) in [5.41, 5.74) is 2.01. The summed E-state index contributed by atoms with van der Waals surface area (Å²) >= 11 is 0. The van der Waals surface area contributed by atoms with Crippen molar-refractivity contribution in [2.45, 2.75) is 37.0 Å². The van der Waals surface area contributed by atoms with Crippen molar-refractivity contribution in [3.63, 3.8) is 0 Å². The van der Waals surface area contributed by atoms with E-state index in [1.807, 2.05) is 42.3 Å². The summed E-state index contributed by atoms with van der Waals surface area (Å²) in [5, 5.41) is 3.77. The molecule has 1 aliphatic rings. The van der Waals surface area contributed by atoms with Crippen LogP contribution in [0.15, 0.2) is 70.1 Å². The van der Waals surface area contributed by atoms with Gasteiger partial charge in [0.2, 0.25) is 5.91 Å². The van der Waals surface area contributed by atoms with Crippen LogP contribution in [-0.4, -0.2) is 43.6 Å². The Morgan fingerprint density at radius 3 is 2.78 bits per heavy atom. The number of amides is 1. The minimum Gasteiger partial charge on any atom is -0.362 e. The first-order chi connectivity index (χ1) is 15.4. The maximum atomic E-state index is 12.9. The van der Waals surface area contributed by atoms with E-state index in [2.05, 4.69) is 14.7 Å². The number of hydrogen-bond acceptors (Lipinski definition) is 4. The highest BCUT2D eigenvalue weighted by Gasteiger charge is 2.19. The smallest absolute Gasteiger partial charge is 0.284 e. The van der Waals surface area contributed by atoms with Gasteiger partial charge in [0.15, 0.2) is 0 Å². The predicted octanol–water partition coefficient (Wildman–Crippen LogP) is 4.01. The Balaban J connectivity index is 1.52. The van der Waals surface area contributed by atoms with Crippen LogP contribution in [-0.2, 0) is 21.2 Å². The molecule has 0 spiro atoms. The standard InChI is InChI=1S/C24H26N4O3S/c1-28-15-4-2-3-13-22(28)27-32(30,31)21-12-6-11-20(17-21)26-23(29)16-19-9-5-8-18-10-7-14-25-24(18)19/h5-12,14,17H,2-4,13,15-16H2,1H3,(H,26,29). The molecule has 166 valence electrons. The van der Waals surface area contributed by atoms with Gasteiger partial charge in [0.25, 0.3) is 10.0 Å². The molecule has 0 bridgehead atoms. The molecule has 0 unspecified atom stereocenters. The van der Waals surface area contributed by atoms with Crippen LogP contribution in [0, 0.1) is 0 Å². The molecular weight excluding hydrogens is 424 g/mol. The molecule has 0 aliphatic carbocycles. The number of sulfonamides is 1. The van der Waals surface area contributed by atoms with E-state index in [4.69, 9.17) is 0 Å². The van der Waals surface area contributed by atoms with Gasteiger partial charge in [-0.05, 0) is 42.7 Å². The van der Waals surface area contributed by atoms with E-state index in [-0.39, 0.29) is 17.2 Å².